The molecule has 6 saturated carbocycles. The van der Waals surface area contributed by atoms with Gasteiger partial charge in [-0.2, -0.15) is 0 Å². The van der Waals surface area contributed by atoms with Gasteiger partial charge in [0.05, 0.1) is 18.2 Å². The number of unbranched alkanes of at least 4 members (excludes halogenated alkanes) is 1. The third-order valence-corrected chi connectivity index (χ3v) is 15.4. The number of nitrogens with zero attached hydrogens (tertiary/aromatic N) is 1. The van der Waals surface area contributed by atoms with Gasteiger partial charge in [-0.15, -0.1) is 0 Å². The standard InChI is InChI=1S/C41H65NO4/c1-2-40(44)46-25-12-11-23-39(43)42-24-13-22-38(42)41(45,36-26-28-14-3-5-16-30(28)32-18-7-9-20-34(32)36)37-27-29-15-4-6-17-31(29)33-19-8-10-21-35(33)37/h2,28-38,45H,1,3-27H2/t28?,29?,30?,31?,32?,33?,34?,35?,36?,37?,38-,41?/m0/s1. The van der Waals surface area contributed by atoms with E-state index in [1.165, 1.54) is 122 Å². The molecule has 11 atom stereocenters. The summed E-state index contributed by atoms with van der Waals surface area (Å²) in [5, 5.41) is 14.2. The number of hydrogen-bond donors (Lipinski definition) is 1. The fourth-order valence-electron chi connectivity index (χ4n) is 13.8. The number of amides is 1. The lowest BCUT2D eigenvalue weighted by atomic mass is 9.45. The molecule has 0 bridgehead atoms. The van der Waals surface area contributed by atoms with E-state index in [1.807, 2.05) is 0 Å². The minimum absolute atomic E-state index is 0.0287. The van der Waals surface area contributed by atoms with Gasteiger partial charge in [0, 0.05) is 19.0 Å². The first kappa shape index (κ1) is 33.2. The number of likely N-dealkylation sites (tertiary alicyclic amines) is 1. The van der Waals surface area contributed by atoms with Crippen LogP contribution in [0.4, 0.5) is 0 Å². The van der Waals surface area contributed by atoms with E-state index in [4.69, 9.17) is 4.74 Å². The zero-order valence-electron chi connectivity index (χ0n) is 28.9. The highest BCUT2D eigenvalue weighted by molar-refractivity contribution is 5.81. The van der Waals surface area contributed by atoms with Gasteiger partial charge in [0.25, 0.3) is 0 Å². The predicted molar refractivity (Wildman–Crippen MR) is 183 cm³/mol. The van der Waals surface area contributed by atoms with Crippen molar-refractivity contribution in [2.75, 3.05) is 13.2 Å². The maximum absolute atomic E-state index is 14.2. The molecule has 0 aromatic heterocycles. The van der Waals surface area contributed by atoms with Crippen LogP contribution in [-0.2, 0) is 14.3 Å². The van der Waals surface area contributed by atoms with Crippen molar-refractivity contribution in [1.29, 1.82) is 0 Å². The molecule has 7 fully saturated rings. The molecule has 258 valence electrons. The van der Waals surface area contributed by atoms with Gasteiger partial charge in [-0.05, 0) is 136 Å². The third kappa shape index (κ3) is 6.26. The lowest BCUT2D eigenvalue weighted by molar-refractivity contribution is -0.211. The number of carbonyl (C=O) groups excluding carboxylic acids is 2. The molecule has 10 unspecified atom stereocenters. The summed E-state index contributed by atoms with van der Waals surface area (Å²) in [6.07, 6.45) is 29.5. The molecule has 1 amide bonds. The number of esters is 1. The average molecular weight is 636 g/mol. The smallest absolute Gasteiger partial charge is 0.330 e. The molecule has 1 aliphatic heterocycles. The third-order valence-electron chi connectivity index (χ3n) is 15.4. The van der Waals surface area contributed by atoms with Crippen LogP contribution in [0.5, 0.6) is 0 Å². The Kier molecular flexibility index (Phi) is 10.5. The summed E-state index contributed by atoms with van der Waals surface area (Å²) in [6.45, 7) is 4.63. The highest BCUT2D eigenvalue weighted by Crippen LogP contribution is 2.63. The molecule has 0 spiro atoms. The maximum atomic E-state index is 14.2. The summed E-state index contributed by atoms with van der Waals surface area (Å²) in [5.74, 6) is 6.73. The molecule has 7 rings (SSSR count). The molecule has 6 aliphatic carbocycles. The van der Waals surface area contributed by atoms with Crippen LogP contribution in [0, 0.1) is 59.2 Å². The van der Waals surface area contributed by atoms with Crippen LogP contribution < -0.4 is 0 Å². The van der Waals surface area contributed by atoms with E-state index in [2.05, 4.69) is 11.5 Å². The van der Waals surface area contributed by atoms with Gasteiger partial charge in [0.1, 0.15) is 0 Å². The van der Waals surface area contributed by atoms with E-state index in [-0.39, 0.29) is 11.9 Å². The second-order valence-electron chi connectivity index (χ2n) is 17.3. The molecule has 1 saturated heterocycles. The van der Waals surface area contributed by atoms with Gasteiger partial charge >= 0.3 is 5.97 Å². The molecule has 1 heterocycles. The van der Waals surface area contributed by atoms with Crippen LogP contribution in [0.3, 0.4) is 0 Å². The fourth-order valence-corrected chi connectivity index (χ4v) is 13.8. The number of carbonyl (C=O) groups is 2. The number of fused-ring (bicyclic) bond motifs is 6. The zero-order chi connectivity index (χ0) is 31.7. The Morgan fingerprint density at radius 1 is 0.674 bits per heavy atom. The largest absolute Gasteiger partial charge is 0.463 e. The van der Waals surface area contributed by atoms with Crippen LogP contribution in [0.25, 0.3) is 0 Å². The van der Waals surface area contributed by atoms with E-state index in [0.29, 0.717) is 43.1 Å². The summed E-state index contributed by atoms with van der Waals surface area (Å²) in [7, 11) is 0. The van der Waals surface area contributed by atoms with Gasteiger partial charge < -0.3 is 14.7 Å². The summed E-state index contributed by atoms with van der Waals surface area (Å²) < 4.78 is 5.20. The monoisotopic (exact) mass is 635 g/mol. The molecule has 5 heteroatoms. The summed E-state index contributed by atoms with van der Waals surface area (Å²) in [6, 6.07) is -0.0287. The van der Waals surface area contributed by atoms with Crippen molar-refractivity contribution in [3.8, 4) is 0 Å². The SMILES string of the molecule is C=CC(=O)OCCCCC(=O)N1CCC[C@H]1C(O)(C1CC2CCCCC2C2CCCCC21)C1CC2CCCCC2C2CCCCC21. The topological polar surface area (TPSA) is 66.8 Å². The maximum Gasteiger partial charge on any atom is 0.330 e. The summed E-state index contributed by atoms with van der Waals surface area (Å²) in [5.41, 5.74) is -0.767. The second-order valence-corrected chi connectivity index (χ2v) is 17.3. The van der Waals surface area contributed by atoms with Crippen molar-refractivity contribution in [3.63, 3.8) is 0 Å². The van der Waals surface area contributed by atoms with Crippen molar-refractivity contribution in [1.82, 2.24) is 4.90 Å². The van der Waals surface area contributed by atoms with Gasteiger partial charge in [-0.25, -0.2) is 4.79 Å². The number of rotatable bonds is 9. The second kappa shape index (κ2) is 14.6. The van der Waals surface area contributed by atoms with Crippen molar-refractivity contribution < 1.29 is 19.4 Å². The van der Waals surface area contributed by atoms with E-state index in [0.717, 1.165) is 61.3 Å². The van der Waals surface area contributed by atoms with Crippen LogP contribution in [0.1, 0.15) is 148 Å². The van der Waals surface area contributed by atoms with Gasteiger partial charge in [-0.3, -0.25) is 4.79 Å². The summed E-state index contributed by atoms with van der Waals surface area (Å²) in [4.78, 5) is 27.9. The first-order chi connectivity index (χ1) is 22.5. The number of hydrogen-bond acceptors (Lipinski definition) is 4. The van der Waals surface area contributed by atoms with Crippen molar-refractivity contribution in [2.24, 2.45) is 59.2 Å². The number of aliphatic hydroxyl groups is 1. The highest BCUT2D eigenvalue weighted by atomic mass is 16.5. The van der Waals surface area contributed by atoms with Gasteiger partial charge in [-0.1, -0.05) is 70.8 Å². The highest BCUT2D eigenvalue weighted by Gasteiger charge is 2.63. The molecule has 0 aromatic carbocycles. The molecular weight excluding hydrogens is 570 g/mol. The molecule has 1 N–H and O–H groups in total. The normalized spacial score (nSPS) is 42.0. The predicted octanol–water partition coefficient (Wildman–Crippen LogP) is 8.87. The molecule has 0 aromatic rings. The Hall–Kier alpha value is -1.36. The Balaban J connectivity index is 1.21. The summed E-state index contributed by atoms with van der Waals surface area (Å²) >= 11 is 0. The molecule has 0 radical (unpaired) electrons. The minimum atomic E-state index is -0.767. The Bertz CT molecular complexity index is 1020. The van der Waals surface area contributed by atoms with Crippen molar-refractivity contribution >= 4 is 11.9 Å². The molecule has 5 nitrogen and oxygen atoms in total. The Morgan fingerprint density at radius 2 is 1.17 bits per heavy atom. The lowest BCUT2D eigenvalue weighted by Crippen LogP contribution is -2.67. The molecule has 7 aliphatic rings. The van der Waals surface area contributed by atoms with E-state index >= 15 is 0 Å². The van der Waals surface area contributed by atoms with Crippen LogP contribution in [0.15, 0.2) is 12.7 Å². The van der Waals surface area contributed by atoms with Gasteiger partial charge in [0.2, 0.25) is 5.91 Å². The average Bonchev–Trinajstić information content (AvgIpc) is 3.61. The van der Waals surface area contributed by atoms with E-state index < -0.39 is 11.6 Å². The van der Waals surface area contributed by atoms with Crippen molar-refractivity contribution in [2.45, 2.75) is 159 Å². The molecule has 46 heavy (non-hydrogen) atoms. The van der Waals surface area contributed by atoms with Crippen LogP contribution >= 0.6 is 0 Å². The van der Waals surface area contributed by atoms with Crippen LogP contribution in [0.2, 0.25) is 0 Å². The zero-order valence-corrected chi connectivity index (χ0v) is 28.9. The Morgan fingerprint density at radius 3 is 1.72 bits per heavy atom. The minimum Gasteiger partial charge on any atom is -0.463 e. The molecular formula is C41H65NO4. The first-order valence-corrected chi connectivity index (χ1v) is 20.3. The lowest BCUT2D eigenvalue weighted by Gasteiger charge is -2.63. The van der Waals surface area contributed by atoms with Crippen LogP contribution in [-0.4, -0.2) is 46.7 Å². The van der Waals surface area contributed by atoms with Gasteiger partial charge in [0.15, 0.2) is 0 Å². The quantitative estimate of drug-likeness (QED) is 0.156. The number of ether oxygens (including phenoxy) is 1. The fraction of sp³-hybridized carbons (Fsp3) is 0.902. The Labute approximate surface area is 280 Å². The van der Waals surface area contributed by atoms with Crippen molar-refractivity contribution in [3.05, 3.63) is 12.7 Å². The first-order valence-electron chi connectivity index (χ1n) is 20.3. The van der Waals surface area contributed by atoms with E-state index in [1.54, 1.807) is 0 Å². The van der Waals surface area contributed by atoms with E-state index in [9.17, 15) is 14.7 Å².